The second-order valence-corrected chi connectivity index (χ2v) is 4.48. The Morgan fingerprint density at radius 2 is 1.80 bits per heavy atom. The molecule has 3 heterocycles. The molecule has 3 rings (SSSR count). The number of hydrogen-bond acceptors (Lipinski definition) is 5. The Morgan fingerprint density at radius 1 is 1.10 bits per heavy atom. The van der Waals surface area contributed by atoms with E-state index in [-0.39, 0.29) is 16.9 Å². The topological polar surface area (TPSA) is 107 Å². The van der Waals surface area contributed by atoms with Gasteiger partial charge in [-0.25, -0.2) is 14.3 Å². The monoisotopic (exact) mass is 276 g/mol. The number of H-pyrrole nitrogens is 1. The molecule has 0 radical (unpaired) electrons. The van der Waals surface area contributed by atoms with E-state index in [1.807, 2.05) is 0 Å². The molecular weight excluding hydrogens is 264 g/mol. The van der Waals surface area contributed by atoms with Crippen molar-refractivity contribution in [3.8, 4) is 0 Å². The number of fused-ring (bicyclic) bond motifs is 3. The van der Waals surface area contributed by atoms with Gasteiger partial charge in [0.25, 0.3) is 11.1 Å². The van der Waals surface area contributed by atoms with Crippen LogP contribution in [0.4, 0.5) is 0 Å². The SMILES string of the molecule is CCc1n[nH]c2nc3c(c(=O)n(C)c(=O)n3C)n2c1=O. The van der Waals surface area contributed by atoms with E-state index in [1.165, 1.54) is 23.1 Å². The second kappa shape index (κ2) is 3.89. The van der Waals surface area contributed by atoms with Gasteiger partial charge in [0.1, 0.15) is 5.69 Å². The van der Waals surface area contributed by atoms with Gasteiger partial charge >= 0.3 is 5.69 Å². The minimum Gasteiger partial charge on any atom is -0.279 e. The molecule has 0 unspecified atom stereocenters. The Hall–Kier alpha value is -2.71. The van der Waals surface area contributed by atoms with Crippen LogP contribution in [0.15, 0.2) is 14.4 Å². The van der Waals surface area contributed by atoms with Gasteiger partial charge in [-0.15, -0.1) is 0 Å². The third kappa shape index (κ3) is 1.34. The first kappa shape index (κ1) is 12.3. The van der Waals surface area contributed by atoms with Gasteiger partial charge < -0.3 is 0 Å². The summed E-state index contributed by atoms with van der Waals surface area (Å²) in [6, 6.07) is 0. The van der Waals surface area contributed by atoms with Crippen LogP contribution in [0, 0.1) is 0 Å². The van der Waals surface area contributed by atoms with Crippen LogP contribution >= 0.6 is 0 Å². The molecule has 1 N–H and O–H groups in total. The standard InChI is InChI=1S/C11H12N6O3/c1-4-5-8(18)17-6-7(12-10(17)14-13-5)15(2)11(20)16(3)9(6)19/h4H2,1-3H3,(H,12,14). The number of rotatable bonds is 1. The maximum atomic E-state index is 12.3. The molecule has 104 valence electrons. The maximum absolute atomic E-state index is 12.3. The first-order valence-electron chi connectivity index (χ1n) is 6.03. The van der Waals surface area contributed by atoms with E-state index in [0.29, 0.717) is 12.1 Å². The normalized spacial score (nSPS) is 11.6. The van der Waals surface area contributed by atoms with Crippen molar-refractivity contribution in [2.24, 2.45) is 14.1 Å². The molecule has 0 spiro atoms. The molecule has 20 heavy (non-hydrogen) atoms. The molecule has 0 saturated heterocycles. The average Bonchev–Trinajstić information content (AvgIpc) is 2.83. The number of aryl methyl sites for hydroxylation is 2. The van der Waals surface area contributed by atoms with Gasteiger partial charge in [0, 0.05) is 14.1 Å². The first-order valence-corrected chi connectivity index (χ1v) is 6.03. The van der Waals surface area contributed by atoms with Crippen molar-refractivity contribution < 1.29 is 0 Å². The molecule has 3 aromatic rings. The van der Waals surface area contributed by atoms with Crippen molar-refractivity contribution in [2.75, 3.05) is 0 Å². The van der Waals surface area contributed by atoms with Crippen LogP contribution in [-0.2, 0) is 20.5 Å². The fourth-order valence-electron chi connectivity index (χ4n) is 2.19. The molecule has 9 heteroatoms. The summed E-state index contributed by atoms with van der Waals surface area (Å²) in [6.07, 6.45) is 0.428. The smallest absolute Gasteiger partial charge is 0.279 e. The maximum Gasteiger partial charge on any atom is 0.332 e. The Kier molecular flexibility index (Phi) is 2.40. The van der Waals surface area contributed by atoms with E-state index in [1.54, 1.807) is 6.92 Å². The minimum absolute atomic E-state index is 0.0722. The zero-order valence-corrected chi connectivity index (χ0v) is 11.2. The summed E-state index contributed by atoms with van der Waals surface area (Å²) in [5.41, 5.74) is -0.937. The quantitative estimate of drug-likeness (QED) is 0.584. The lowest BCUT2D eigenvalue weighted by Crippen LogP contribution is -2.38. The molecular formula is C11H12N6O3. The lowest BCUT2D eigenvalue weighted by Gasteiger charge is -2.02. The Bertz CT molecular complexity index is 1020. The molecule has 0 fully saturated rings. The summed E-state index contributed by atoms with van der Waals surface area (Å²) in [7, 11) is 2.86. The molecule has 3 aromatic heterocycles. The van der Waals surface area contributed by atoms with Crippen molar-refractivity contribution >= 4 is 16.9 Å². The summed E-state index contributed by atoms with van der Waals surface area (Å²) in [5, 5.41) is 6.54. The average molecular weight is 276 g/mol. The Labute approximate surface area is 111 Å². The van der Waals surface area contributed by atoms with E-state index in [4.69, 9.17) is 0 Å². The molecule has 9 nitrogen and oxygen atoms in total. The van der Waals surface area contributed by atoms with Gasteiger partial charge in [-0.3, -0.25) is 18.7 Å². The summed E-state index contributed by atoms with van der Waals surface area (Å²) in [5.74, 6) is 0.139. The fourth-order valence-corrected chi connectivity index (χ4v) is 2.19. The number of hydrogen-bond donors (Lipinski definition) is 1. The van der Waals surface area contributed by atoms with E-state index in [0.717, 1.165) is 4.57 Å². The van der Waals surface area contributed by atoms with E-state index in [2.05, 4.69) is 15.2 Å². The third-order valence-corrected chi connectivity index (χ3v) is 3.33. The number of nitrogens with zero attached hydrogens (tertiary/aromatic N) is 5. The van der Waals surface area contributed by atoms with Gasteiger partial charge in [0.2, 0.25) is 5.78 Å². The highest BCUT2D eigenvalue weighted by molar-refractivity contribution is 5.74. The minimum atomic E-state index is -0.561. The number of aromatic amines is 1. The molecule has 0 saturated carbocycles. The largest absolute Gasteiger partial charge is 0.332 e. The second-order valence-electron chi connectivity index (χ2n) is 4.48. The third-order valence-electron chi connectivity index (χ3n) is 3.33. The van der Waals surface area contributed by atoms with Crippen molar-refractivity contribution in [3.63, 3.8) is 0 Å². The predicted molar refractivity (Wildman–Crippen MR) is 71.0 cm³/mol. The number of imidazole rings is 1. The molecule has 0 bridgehead atoms. The van der Waals surface area contributed by atoms with Gasteiger partial charge in [0.15, 0.2) is 11.2 Å². The molecule has 0 aliphatic carbocycles. The van der Waals surface area contributed by atoms with Crippen molar-refractivity contribution in [1.82, 2.24) is 28.7 Å². The molecule has 0 aliphatic heterocycles. The summed E-state index contributed by atoms with van der Waals surface area (Å²) in [4.78, 5) is 40.5. The molecule has 0 aliphatic rings. The molecule has 0 amide bonds. The van der Waals surface area contributed by atoms with Crippen molar-refractivity contribution in [2.45, 2.75) is 13.3 Å². The highest BCUT2D eigenvalue weighted by Crippen LogP contribution is 2.06. The fraction of sp³-hybridized carbons (Fsp3) is 0.364. The lowest BCUT2D eigenvalue weighted by atomic mass is 10.3. The van der Waals surface area contributed by atoms with Gasteiger partial charge in [-0.05, 0) is 6.42 Å². The van der Waals surface area contributed by atoms with Crippen molar-refractivity contribution in [3.05, 3.63) is 36.9 Å². The summed E-state index contributed by atoms with van der Waals surface area (Å²) in [6.45, 7) is 1.79. The Balaban J connectivity index is 2.74. The van der Waals surface area contributed by atoms with E-state index in [9.17, 15) is 14.4 Å². The molecule has 0 atom stereocenters. The van der Waals surface area contributed by atoms with Crippen LogP contribution in [0.1, 0.15) is 12.6 Å². The Morgan fingerprint density at radius 3 is 2.45 bits per heavy atom. The van der Waals surface area contributed by atoms with Crippen LogP contribution in [-0.4, -0.2) is 28.7 Å². The first-order chi connectivity index (χ1) is 9.47. The van der Waals surface area contributed by atoms with Crippen LogP contribution in [0.2, 0.25) is 0 Å². The lowest BCUT2D eigenvalue weighted by molar-refractivity contribution is 0.707. The number of nitrogens with one attached hydrogen (secondary N) is 1. The zero-order chi connectivity index (χ0) is 14.6. The zero-order valence-electron chi connectivity index (χ0n) is 11.2. The van der Waals surface area contributed by atoms with Gasteiger partial charge in [0.05, 0.1) is 0 Å². The summed E-state index contributed by atoms with van der Waals surface area (Å²) >= 11 is 0. The van der Waals surface area contributed by atoms with Crippen LogP contribution in [0.3, 0.4) is 0 Å². The summed E-state index contributed by atoms with van der Waals surface area (Å²) < 4.78 is 3.34. The number of aromatic nitrogens is 6. The van der Waals surface area contributed by atoms with Crippen LogP contribution in [0.25, 0.3) is 16.9 Å². The van der Waals surface area contributed by atoms with Gasteiger partial charge in [-0.2, -0.15) is 10.1 Å². The van der Waals surface area contributed by atoms with Crippen LogP contribution in [0.5, 0.6) is 0 Å². The van der Waals surface area contributed by atoms with E-state index < -0.39 is 16.8 Å². The predicted octanol–water partition coefficient (Wildman–Crippen LogP) is -1.47. The van der Waals surface area contributed by atoms with E-state index >= 15 is 0 Å². The highest BCUT2D eigenvalue weighted by Gasteiger charge is 2.18. The molecule has 0 aromatic carbocycles. The highest BCUT2D eigenvalue weighted by atomic mass is 16.2. The van der Waals surface area contributed by atoms with Crippen LogP contribution < -0.4 is 16.8 Å². The van der Waals surface area contributed by atoms with Gasteiger partial charge in [-0.1, -0.05) is 6.92 Å². The van der Waals surface area contributed by atoms with Crippen molar-refractivity contribution in [1.29, 1.82) is 0 Å².